The Kier molecular flexibility index (Phi) is 4.56. The first-order valence-electron chi connectivity index (χ1n) is 2.41. The van der Waals surface area contributed by atoms with Gasteiger partial charge in [-0.2, -0.15) is 0 Å². The van der Waals surface area contributed by atoms with Gasteiger partial charge in [-0.15, -0.1) is 0 Å². The predicted octanol–water partition coefficient (Wildman–Crippen LogP) is 0.326. The standard InChI is InChI=1S/C4H6N5.Y/c1-5-8-4-6-3-7-9(4)2;/h1-2H3;/q-1;. The van der Waals surface area contributed by atoms with Gasteiger partial charge >= 0.3 is 0 Å². The largest absolute Gasteiger partial charge is 0.396 e. The fourth-order valence-corrected chi connectivity index (χ4v) is 0.428. The Balaban J connectivity index is 0.000000810. The summed E-state index contributed by atoms with van der Waals surface area (Å²) < 4.78 is 1.49. The van der Waals surface area contributed by atoms with E-state index in [4.69, 9.17) is 0 Å². The normalized spacial score (nSPS) is 9.80. The Bertz CT molecular complexity index is 217. The monoisotopic (exact) mass is 213 g/mol. The minimum Gasteiger partial charge on any atom is -0.396 e. The van der Waals surface area contributed by atoms with Crippen LogP contribution in [0.15, 0.2) is 10.2 Å². The number of azo groups is 1. The molecule has 0 unspecified atom stereocenters. The predicted molar refractivity (Wildman–Crippen MR) is 30.3 cm³/mol. The van der Waals surface area contributed by atoms with E-state index >= 15 is 0 Å². The first-order valence-corrected chi connectivity index (χ1v) is 2.41. The van der Waals surface area contributed by atoms with Gasteiger partial charge in [0.15, 0.2) is 0 Å². The summed E-state index contributed by atoms with van der Waals surface area (Å²) in [6, 6.07) is 0. The van der Waals surface area contributed by atoms with Crippen molar-refractivity contribution in [2.75, 3.05) is 7.05 Å². The second-order valence-electron chi connectivity index (χ2n) is 1.44. The van der Waals surface area contributed by atoms with Gasteiger partial charge in [-0.3, -0.25) is 5.10 Å². The van der Waals surface area contributed by atoms with Crippen molar-refractivity contribution < 1.29 is 32.7 Å². The van der Waals surface area contributed by atoms with Gasteiger partial charge in [0.1, 0.15) is 5.95 Å². The van der Waals surface area contributed by atoms with Crippen molar-refractivity contribution in [1.82, 2.24) is 14.8 Å². The molecule has 6 heteroatoms. The van der Waals surface area contributed by atoms with Crippen molar-refractivity contribution in [3.63, 3.8) is 0 Å². The van der Waals surface area contributed by atoms with Gasteiger partial charge in [-0.1, -0.05) is 0 Å². The Morgan fingerprint density at radius 1 is 1.60 bits per heavy atom. The van der Waals surface area contributed by atoms with Crippen molar-refractivity contribution >= 4 is 5.95 Å². The molecule has 0 saturated carbocycles. The SMILES string of the molecule is CN=Nc1n[c-]nn1C.[Y]. The van der Waals surface area contributed by atoms with Crippen LogP contribution in [0.1, 0.15) is 0 Å². The molecule has 0 fully saturated rings. The number of rotatable bonds is 1. The molecule has 1 heterocycles. The summed E-state index contributed by atoms with van der Waals surface area (Å²) in [5.41, 5.74) is 0. The van der Waals surface area contributed by atoms with Crippen molar-refractivity contribution in [1.29, 1.82) is 0 Å². The van der Waals surface area contributed by atoms with Gasteiger partial charge in [0.05, 0.1) is 0 Å². The zero-order valence-electron chi connectivity index (χ0n) is 5.81. The number of nitrogens with zero attached hydrogens (tertiary/aromatic N) is 5. The molecule has 0 N–H and O–H groups in total. The molecule has 1 aromatic heterocycles. The van der Waals surface area contributed by atoms with E-state index in [-0.39, 0.29) is 32.7 Å². The smallest absolute Gasteiger partial charge is 0.106 e. The van der Waals surface area contributed by atoms with Gasteiger partial charge in [0, 0.05) is 46.8 Å². The Morgan fingerprint density at radius 2 is 2.30 bits per heavy atom. The number of hydrogen-bond acceptors (Lipinski definition) is 4. The molecule has 0 saturated heterocycles. The molecular formula is C4H6N5Y-. The van der Waals surface area contributed by atoms with Crippen LogP contribution in [0.4, 0.5) is 5.95 Å². The van der Waals surface area contributed by atoms with E-state index in [0.717, 1.165) is 0 Å². The van der Waals surface area contributed by atoms with Crippen LogP contribution in [0.5, 0.6) is 0 Å². The van der Waals surface area contributed by atoms with Gasteiger partial charge in [0.25, 0.3) is 0 Å². The van der Waals surface area contributed by atoms with E-state index in [1.165, 1.54) is 4.68 Å². The molecule has 10 heavy (non-hydrogen) atoms. The number of aryl methyl sites for hydroxylation is 1. The van der Waals surface area contributed by atoms with Gasteiger partial charge in [0.2, 0.25) is 0 Å². The second-order valence-corrected chi connectivity index (χ2v) is 1.44. The van der Waals surface area contributed by atoms with E-state index in [1.54, 1.807) is 14.1 Å². The van der Waals surface area contributed by atoms with Crippen molar-refractivity contribution in [3.05, 3.63) is 6.33 Å². The number of hydrogen-bond donors (Lipinski definition) is 0. The maximum Gasteiger partial charge on any atom is 0.106 e. The first kappa shape index (κ1) is 9.84. The summed E-state index contributed by atoms with van der Waals surface area (Å²) in [5.74, 6) is 0.470. The van der Waals surface area contributed by atoms with E-state index < -0.39 is 0 Å². The fraction of sp³-hybridized carbons (Fsp3) is 0.500. The molecule has 1 aromatic rings. The summed E-state index contributed by atoms with van der Waals surface area (Å²) >= 11 is 0. The zero-order chi connectivity index (χ0) is 6.69. The first-order chi connectivity index (χ1) is 4.34. The summed E-state index contributed by atoms with van der Waals surface area (Å²) in [6.45, 7) is 0. The maximum absolute atomic E-state index is 3.67. The molecule has 0 aliphatic carbocycles. The minimum atomic E-state index is 0. The van der Waals surface area contributed by atoms with Gasteiger partial charge < -0.3 is 9.67 Å². The summed E-state index contributed by atoms with van der Waals surface area (Å²) in [6.07, 6.45) is 2.39. The van der Waals surface area contributed by atoms with Crippen LogP contribution < -0.4 is 0 Å². The third-order valence-corrected chi connectivity index (χ3v) is 0.824. The quantitative estimate of drug-likeness (QED) is 0.498. The average Bonchev–Trinajstić information content (AvgIpc) is 2.18. The van der Waals surface area contributed by atoms with Crippen molar-refractivity contribution in [2.24, 2.45) is 17.3 Å². The zero-order valence-corrected chi connectivity index (χ0v) is 8.65. The Labute approximate surface area is 83.8 Å². The second kappa shape index (κ2) is 4.63. The minimum absolute atomic E-state index is 0. The van der Waals surface area contributed by atoms with E-state index in [1.807, 2.05) is 0 Å². The Hall–Kier alpha value is -0.156. The van der Waals surface area contributed by atoms with Crippen LogP contribution in [-0.2, 0) is 39.8 Å². The molecule has 0 spiro atoms. The Morgan fingerprint density at radius 3 is 2.70 bits per heavy atom. The van der Waals surface area contributed by atoms with E-state index in [0.29, 0.717) is 5.95 Å². The molecule has 0 aliphatic rings. The molecule has 0 bridgehead atoms. The third-order valence-electron chi connectivity index (χ3n) is 0.824. The molecular weight excluding hydrogens is 207 g/mol. The molecule has 1 radical (unpaired) electrons. The summed E-state index contributed by atoms with van der Waals surface area (Å²) in [7, 11) is 3.31. The molecule has 0 aromatic carbocycles. The van der Waals surface area contributed by atoms with Gasteiger partial charge in [-0.05, 0) is 6.33 Å². The molecule has 0 amide bonds. The maximum atomic E-state index is 3.67. The molecule has 1 rings (SSSR count). The van der Waals surface area contributed by atoms with Crippen LogP contribution in [0, 0.1) is 6.33 Å². The van der Waals surface area contributed by atoms with Crippen LogP contribution in [0.2, 0.25) is 0 Å². The molecule has 5 nitrogen and oxygen atoms in total. The molecule has 0 atom stereocenters. The van der Waals surface area contributed by atoms with Crippen LogP contribution in [-0.4, -0.2) is 21.8 Å². The fourth-order valence-electron chi connectivity index (χ4n) is 0.428. The average molecular weight is 213 g/mol. The topological polar surface area (TPSA) is 55.4 Å². The van der Waals surface area contributed by atoms with Gasteiger partial charge in [-0.25, -0.2) is 10.2 Å². The van der Waals surface area contributed by atoms with Crippen LogP contribution in [0.3, 0.4) is 0 Å². The van der Waals surface area contributed by atoms with E-state index in [9.17, 15) is 0 Å². The molecule has 51 valence electrons. The number of aromatic nitrogens is 3. The van der Waals surface area contributed by atoms with Crippen molar-refractivity contribution in [2.45, 2.75) is 0 Å². The third kappa shape index (κ3) is 2.23. The van der Waals surface area contributed by atoms with Crippen LogP contribution >= 0.6 is 0 Å². The molecule has 0 aliphatic heterocycles. The summed E-state index contributed by atoms with van der Waals surface area (Å²) in [5, 5.41) is 10.8. The van der Waals surface area contributed by atoms with E-state index in [2.05, 4.69) is 26.6 Å². The van der Waals surface area contributed by atoms with Crippen molar-refractivity contribution in [3.8, 4) is 0 Å². The summed E-state index contributed by atoms with van der Waals surface area (Å²) in [4.78, 5) is 3.67. The van der Waals surface area contributed by atoms with Crippen LogP contribution in [0.25, 0.3) is 0 Å².